The lowest BCUT2D eigenvalue weighted by molar-refractivity contribution is -0.142. The Morgan fingerprint density at radius 1 is 1.33 bits per heavy atom. The summed E-state index contributed by atoms with van der Waals surface area (Å²) in [4.78, 5) is 26.6. The van der Waals surface area contributed by atoms with Crippen LogP contribution in [0.4, 0.5) is 4.79 Å². The second kappa shape index (κ2) is 7.61. The van der Waals surface area contributed by atoms with Crippen LogP contribution in [0.2, 0.25) is 0 Å². The molecule has 0 radical (unpaired) electrons. The Labute approximate surface area is 122 Å². The Morgan fingerprint density at radius 3 is 2.71 bits per heavy atom. The van der Waals surface area contributed by atoms with Crippen LogP contribution in [0.1, 0.15) is 37.9 Å². The Hall–Kier alpha value is -2.12. The normalized spacial score (nSPS) is 21.7. The van der Waals surface area contributed by atoms with Crippen LogP contribution in [0, 0.1) is 5.92 Å². The highest BCUT2D eigenvalue weighted by Gasteiger charge is 2.26. The van der Waals surface area contributed by atoms with Gasteiger partial charge in [0, 0.05) is 19.0 Å². The van der Waals surface area contributed by atoms with Crippen LogP contribution in [0.5, 0.6) is 0 Å². The molecule has 8 heteroatoms. The predicted octanol–water partition coefficient (Wildman–Crippen LogP) is 0.680. The molecule has 1 fully saturated rings. The van der Waals surface area contributed by atoms with Crippen LogP contribution in [-0.2, 0) is 11.2 Å². The number of amides is 2. The molecule has 1 aliphatic carbocycles. The fourth-order valence-electron chi connectivity index (χ4n) is 2.53. The largest absolute Gasteiger partial charge is 0.481 e. The molecule has 0 aromatic carbocycles. The van der Waals surface area contributed by atoms with Gasteiger partial charge in [0.1, 0.15) is 12.2 Å². The molecule has 21 heavy (non-hydrogen) atoms. The van der Waals surface area contributed by atoms with Crippen LogP contribution >= 0.6 is 0 Å². The minimum absolute atomic E-state index is 0.0786. The first kappa shape index (κ1) is 15.3. The third kappa shape index (κ3) is 5.05. The monoisotopic (exact) mass is 295 g/mol. The van der Waals surface area contributed by atoms with E-state index in [2.05, 4.69) is 25.8 Å². The zero-order valence-corrected chi connectivity index (χ0v) is 11.8. The number of carboxylic acids is 1. The van der Waals surface area contributed by atoms with E-state index in [1.807, 2.05) is 0 Å². The number of urea groups is 1. The first-order valence-electron chi connectivity index (χ1n) is 7.26. The average molecular weight is 295 g/mol. The van der Waals surface area contributed by atoms with Crippen LogP contribution in [0.15, 0.2) is 6.33 Å². The number of aromatic nitrogens is 3. The zero-order chi connectivity index (χ0) is 15.1. The van der Waals surface area contributed by atoms with Gasteiger partial charge in [0.05, 0.1) is 5.92 Å². The van der Waals surface area contributed by atoms with Gasteiger partial charge in [0.25, 0.3) is 0 Å². The summed E-state index contributed by atoms with van der Waals surface area (Å²) in [6.07, 6.45) is 5.70. The second-order valence-electron chi connectivity index (χ2n) is 5.32. The number of nitrogens with zero attached hydrogens (tertiary/aromatic N) is 2. The van der Waals surface area contributed by atoms with Gasteiger partial charge in [-0.2, -0.15) is 5.10 Å². The molecule has 0 atom stereocenters. The number of carbonyl (C=O) groups is 2. The van der Waals surface area contributed by atoms with E-state index in [0.717, 1.165) is 31.5 Å². The molecular formula is C13H21N5O3. The lowest BCUT2D eigenvalue weighted by Gasteiger charge is -2.26. The number of aliphatic carboxylic acids is 1. The van der Waals surface area contributed by atoms with Gasteiger partial charge in [-0.15, -0.1) is 0 Å². The van der Waals surface area contributed by atoms with Gasteiger partial charge < -0.3 is 15.7 Å². The molecule has 1 aliphatic rings. The molecule has 4 N–H and O–H groups in total. The fraction of sp³-hybridized carbons (Fsp3) is 0.692. The molecule has 0 bridgehead atoms. The number of rotatable bonds is 6. The summed E-state index contributed by atoms with van der Waals surface area (Å²) in [5.41, 5.74) is 0. The van der Waals surface area contributed by atoms with Gasteiger partial charge in [0.15, 0.2) is 0 Å². The van der Waals surface area contributed by atoms with Crippen LogP contribution in [0.25, 0.3) is 0 Å². The lowest BCUT2D eigenvalue weighted by Crippen LogP contribution is -2.44. The maximum absolute atomic E-state index is 11.7. The van der Waals surface area contributed by atoms with Crippen LogP contribution < -0.4 is 10.6 Å². The highest BCUT2D eigenvalue weighted by molar-refractivity contribution is 5.74. The number of aryl methyl sites for hydroxylation is 1. The van der Waals surface area contributed by atoms with Crippen molar-refractivity contribution in [3.63, 3.8) is 0 Å². The minimum atomic E-state index is -0.731. The number of carboxylic acid groups (broad SMARTS) is 1. The van der Waals surface area contributed by atoms with Crippen molar-refractivity contribution in [1.82, 2.24) is 25.8 Å². The standard InChI is InChI=1S/C13H21N5O3/c19-12(20)9-3-5-10(6-4-9)17-13(21)14-7-1-2-11-15-8-16-18-11/h8-10H,1-7H2,(H,19,20)(H2,14,17,21)(H,15,16,18). The number of aromatic amines is 1. The van der Waals surface area contributed by atoms with Gasteiger partial charge >= 0.3 is 12.0 Å². The second-order valence-corrected chi connectivity index (χ2v) is 5.32. The van der Waals surface area contributed by atoms with Gasteiger partial charge in [0.2, 0.25) is 0 Å². The van der Waals surface area contributed by atoms with E-state index in [9.17, 15) is 9.59 Å². The van der Waals surface area contributed by atoms with Crippen molar-refractivity contribution in [3.8, 4) is 0 Å². The molecule has 0 saturated heterocycles. The van der Waals surface area contributed by atoms with Crippen molar-refractivity contribution in [3.05, 3.63) is 12.2 Å². The molecule has 2 rings (SSSR count). The number of hydrogen-bond donors (Lipinski definition) is 4. The molecular weight excluding hydrogens is 274 g/mol. The Bertz CT molecular complexity index is 454. The smallest absolute Gasteiger partial charge is 0.315 e. The summed E-state index contributed by atoms with van der Waals surface area (Å²) in [6, 6.07) is -0.110. The first-order valence-corrected chi connectivity index (χ1v) is 7.26. The number of nitrogens with one attached hydrogen (secondary N) is 3. The Morgan fingerprint density at radius 2 is 2.10 bits per heavy atom. The van der Waals surface area contributed by atoms with Crippen molar-refractivity contribution < 1.29 is 14.7 Å². The zero-order valence-electron chi connectivity index (χ0n) is 11.8. The molecule has 2 amide bonds. The molecule has 0 spiro atoms. The summed E-state index contributed by atoms with van der Waals surface area (Å²) in [5, 5.41) is 21.1. The third-order valence-electron chi connectivity index (χ3n) is 3.75. The van der Waals surface area contributed by atoms with E-state index >= 15 is 0 Å². The highest BCUT2D eigenvalue weighted by Crippen LogP contribution is 2.24. The van der Waals surface area contributed by atoms with Gasteiger partial charge in [-0.25, -0.2) is 9.78 Å². The predicted molar refractivity (Wildman–Crippen MR) is 74.6 cm³/mol. The van der Waals surface area contributed by atoms with Crippen molar-refractivity contribution in [1.29, 1.82) is 0 Å². The first-order chi connectivity index (χ1) is 10.1. The van der Waals surface area contributed by atoms with Gasteiger partial charge in [-0.1, -0.05) is 0 Å². The SMILES string of the molecule is O=C(NCCCc1ncn[nH]1)NC1CCC(C(=O)O)CC1. The lowest BCUT2D eigenvalue weighted by atomic mass is 9.86. The topological polar surface area (TPSA) is 120 Å². The Balaban J connectivity index is 1.56. The van der Waals surface area contributed by atoms with Crippen molar-refractivity contribution in [2.24, 2.45) is 5.92 Å². The van der Waals surface area contributed by atoms with Crippen molar-refractivity contribution >= 4 is 12.0 Å². The number of carbonyl (C=O) groups excluding carboxylic acids is 1. The summed E-state index contributed by atoms with van der Waals surface area (Å²) in [7, 11) is 0. The summed E-state index contributed by atoms with van der Waals surface area (Å²) in [6.45, 7) is 0.566. The van der Waals surface area contributed by atoms with E-state index in [4.69, 9.17) is 5.11 Å². The fourth-order valence-corrected chi connectivity index (χ4v) is 2.53. The maximum atomic E-state index is 11.7. The quantitative estimate of drug-likeness (QED) is 0.575. The van der Waals surface area contributed by atoms with E-state index < -0.39 is 5.97 Å². The highest BCUT2D eigenvalue weighted by atomic mass is 16.4. The summed E-state index contributed by atoms with van der Waals surface area (Å²) in [5.74, 6) is -0.178. The summed E-state index contributed by atoms with van der Waals surface area (Å²) >= 11 is 0. The van der Waals surface area contributed by atoms with Crippen LogP contribution in [0.3, 0.4) is 0 Å². The van der Waals surface area contributed by atoms with E-state index in [1.165, 1.54) is 6.33 Å². The number of hydrogen-bond acceptors (Lipinski definition) is 4. The number of H-pyrrole nitrogens is 1. The summed E-state index contributed by atoms with van der Waals surface area (Å²) < 4.78 is 0. The molecule has 0 aliphatic heterocycles. The van der Waals surface area contributed by atoms with Crippen LogP contribution in [-0.4, -0.2) is 44.9 Å². The molecule has 116 valence electrons. The van der Waals surface area contributed by atoms with Gasteiger partial charge in [-0.3, -0.25) is 9.89 Å². The average Bonchev–Trinajstić information content (AvgIpc) is 2.97. The van der Waals surface area contributed by atoms with Gasteiger partial charge in [-0.05, 0) is 32.1 Å². The molecule has 1 aromatic heterocycles. The van der Waals surface area contributed by atoms with Crippen molar-refractivity contribution in [2.45, 2.75) is 44.6 Å². The molecule has 1 heterocycles. The van der Waals surface area contributed by atoms with Crippen molar-refractivity contribution in [2.75, 3.05) is 6.54 Å². The van der Waals surface area contributed by atoms with E-state index in [1.54, 1.807) is 0 Å². The van der Waals surface area contributed by atoms with E-state index in [-0.39, 0.29) is 18.0 Å². The molecule has 8 nitrogen and oxygen atoms in total. The third-order valence-corrected chi connectivity index (χ3v) is 3.75. The maximum Gasteiger partial charge on any atom is 0.315 e. The molecule has 0 unspecified atom stereocenters. The minimum Gasteiger partial charge on any atom is -0.481 e. The molecule has 1 saturated carbocycles. The molecule has 1 aromatic rings. The van der Waals surface area contributed by atoms with E-state index in [0.29, 0.717) is 19.4 Å². The Kier molecular flexibility index (Phi) is 5.53.